The van der Waals surface area contributed by atoms with Crippen molar-refractivity contribution in [2.45, 2.75) is 12.8 Å². The molecule has 1 amide bonds. The Labute approximate surface area is 168 Å². The van der Waals surface area contributed by atoms with Gasteiger partial charge in [-0.1, -0.05) is 60.7 Å². The second-order valence-electron chi connectivity index (χ2n) is 7.34. The molecule has 0 aromatic heterocycles. The van der Waals surface area contributed by atoms with Crippen molar-refractivity contribution >= 4 is 39.2 Å². The molecule has 0 unspecified atom stereocenters. The van der Waals surface area contributed by atoms with Crippen molar-refractivity contribution in [3.05, 3.63) is 95.1 Å². The smallest absolute Gasteiger partial charge is 0.266 e. The van der Waals surface area contributed by atoms with E-state index in [-0.39, 0.29) is 5.57 Å². The molecule has 3 nitrogen and oxygen atoms in total. The molecule has 0 bridgehead atoms. The average Bonchev–Trinajstić information content (AvgIpc) is 3.18. The lowest BCUT2D eigenvalue weighted by Gasteiger charge is -2.08. The molecule has 4 aromatic carbocycles. The second kappa shape index (κ2) is 6.92. The van der Waals surface area contributed by atoms with Crippen molar-refractivity contribution in [1.29, 1.82) is 5.26 Å². The number of aryl methyl sites for hydroxylation is 2. The van der Waals surface area contributed by atoms with Gasteiger partial charge in [-0.15, -0.1) is 0 Å². The molecule has 1 aliphatic rings. The first-order valence-corrected chi connectivity index (χ1v) is 9.68. The predicted molar refractivity (Wildman–Crippen MR) is 118 cm³/mol. The van der Waals surface area contributed by atoms with E-state index in [1.165, 1.54) is 16.5 Å². The number of hydrogen-bond donors (Lipinski definition) is 1. The summed E-state index contributed by atoms with van der Waals surface area (Å²) in [4.78, 5) is 12.8. The van der Waals surface area contributed by atoms with Crippen molar-refractivity contribution in [3.63, 3.8) is 0 Å². The number of nitrogens with zero attached hydrogens (tertiary/aromatic N) is 1. The minimum absolute atomic E-state index is 0.0943. The molecule has 5 rings (SSSR count). The second-order valence-corrected chi connectivity index (χ2v) is 7.34. The zero-order valence-electron chi connectivity index (χ0n) is 15.8. The first-order valence-electron chi connectivity index (χ1n) is 9.68. The Morgan fingerprint density at radius 3 is 2.52 bits per heavy atom. The van der Waals surface area contributed by atoms with Crippen molar-refractivity contribution in [2.24, 2.45) is 0 Å². The van der Waals surface area contributed by atoms with Gasteiger partial charge in [0.1, 0.15) is 11.6 Å². The van der Waals surface area contributed by atoms with Gasteiger partial charge in [0.25, 0.3) is 5.91 Å². The molecule has 0 spiro atoms. The van der Waals surface area contributed by atoms with Crippen LogP contribution in [0.15, 0.2) is 78.4 Å². The standard InChI is InChI=1S/C26H18N2O/c27-16-22(26(29)28-23-13-12-17-4-1-2-5-20(17)15-23)14-21-11-10-19-9-8-18-6-3-7-24(21)25(18)19/h1-7,10-15H,8-9H2,(H,28,29)/b22-14+. The molecule has 0 radical (unpaired) electrons. The van der Waals surface area contributed by atoms with Crippen molar-refractivity contribution in [1.82, 2.24) is 0 Å². The van der Waals surface area contributed by atoms with Crippen LogP contribution in [0.3, 0.4) is 0 Å². The largest absolute Gasteiger partial charge is 0.321 e. The fraction of sp³-hybridized carbons (Fsp3) is 0.0769. The van der Waals surface area contributed by atoms with Gasteiger partial charge in [0, 0.05) is 5.69 Å². The Morgan fingerprint density at radius 1 is 0.897 bits per heavy atom. The third kappa shape index (κ3) is 3.05. The number of carbonyl (C=O) groups excluding carboxylic acids is 1. The summed E-state index contributed by atoms with van der Waals surface area (Å²) in [6.07, 6.45) is 3.79. The quantitative estimate of drug-likeness (QED) is 0.373. The Balaban J connectivity index is 1.50. The van der Waals surface area contributed by atoms with Crippen LogP contribution < -0.4 is 5.32 Å². The van der Waals surface area contributed by atoms with E-state index in [9.17, 15) is 10.1 Å². The van der Waals surface area contributed by atoms with Crippen LogP contribution >= 0.6 is 0 Å². The van der Waals surface area contributed by atoms with Crippen LogP contribution in [0.25, 0.3) is 27.6 Å². The topological polar surface area (TPSA) is 52.9 Å². The van der Waals surface area contributed by atoms with E-state index in [0.717, 1.165) is 34.6 Å². The van der Waals surface area contributed by atoms with Gasteiger partial charge in [0.15, 0.2) is 0 Å². The number of fused-ring (bicyclic) bond motifs is 1. The number of amides is 1. The Kier molecular flexibility index (Phi) is 4.11. The maximum Gasteiger partial charge on any atom is 0.266 e. The van der Waals surface area contributed by atoms with Gasteiger partial charge < -0.3 is 5.32 Å². The highest BCUT2D eigenvalue weighted by Gasteiger charge is 2.16. The van der Waals surface area contributed by atoms with Crippen LogP contribution in [-0.2, 0) is 17.6 Å². The van der Waals surface area contributed by atoms with Gasteiger partial charge in [-0.2, -0.15) is 5.26 Å². The molecule has 0 atom stereocenters. The first kappa shape index (κ1) is 17.2. The molecule has 1 N–H and O–H groups in total. The average molecular weight is 374 g/mol. The molecular weight excluding hydrogens is 356 g/mol. The van der Waals surface area contributed by atoms with Gasteiger partial charge >= 0.3 is 0 Å². The summed E-state index contributed by atoms with van der Waals surface area (Å²) < 4.78 is 0. The predicted octanol–water partition coefficient (Wildman–Crippen LogP) is 5.64. The van der Waals surface area contributed by atoms with Crippen LogP contribution in [0.1, 0.15) is 16.7 Å². The Hall–Kier alpha value is -3.90. The molecular formula is C26H18N2O. The summed E-state index contributed by atoms with van der Waals surface area (Å²) in [6, 6.07) is 26.2. The minimum atomic E-state index is -0.397. The van der Waals surface area contributed by atoms with Crippen molar-refractivity contribution in [2.75, 3.05) is 5.32 Å². The third-order valence-electron chi connectivity index (χ3n) is 5.58. The van der Waals surface area contributed by atoms with Crippen LogP contribution in [0.4, 0.5) is 5.69 Å². The summed E-state index contributed by atoms with van der Waals surface area (Å²) in [7, 11) is 0. The van der Waals surface area contributed by atoms with E-state index in [1.807, 2.05) is 54.6 Å². The molecule has 29 heavy (non-hydrogen) atoms. The third-order valence-corrected chi connectivity index (χ3v) is 5.58. The number of rotatable bonds is 3. The lowest BCUT2D eigenvalue weighted by atomic mass is 9.98. The lowest BCUT2D eigenvalue weighted by molar-refractivity contribution is -0.112. The van der Waals surface area contributed by atoms with Crippen LogP contribution in [0.2, 0.25) is 0 Å². The highest BCUT2D eigenvalue weighted by atomic mass is 16.1. The fourth-order valence-electron chi connectivity index (χ4n) is 4.16. The number of carbonyl (C=O) groups is 1. The molecule has 0 saturated carbocycles. The van der Waals surface area contributed by atoms with Gasteiger partial charge in [-0.3, -0.25) is 4.79 Å². The number of hydrogen-bond acceptors (Lipinski definition) is 2. The molecule has 0 heterocycles. The van der Waals surface area contributed by atoms with Gasteiger partial charge in [0.2, 0.25) is 0 Å². The summed E-state index contributed by atoms with van der Waals surface area (Å²) >= 11 is 0. The summed E-state index contributed by atoms with van der Waals surface area (Å²) in [5.74, 6) is -0.397. The minimum Gasteiger partial charge on any atom is -0.321 e. The van der Waals surface area contributed by atoms with Crippen LogP contribution in [0.5, 0.6) is 0 Å². The SMILES string of the molecule is N#C/C(=C\c1ccc2c3c(cccc13)CC2)C(=O)Nc1ccc2ccccc2c1. The molecule has 0 saturated heterocycles. The van der Waals surface area contributed by atoms with Gasteiger partial charge in [-0.25, -0.2) is 0 Å². The molecule has 138 valence electrons. The molecule has 0 fully saturated rings. The van der Waals surface area contributed by atoms with Crippen LogP contribution in [0, 0.1) is 11.3 Å². The zero-order chi connectivity index (χ0) is 19.8. The van der Waals surface area contributed by atoms with E-state index in [0.29, 0.717) is 5.69 Å². The zero-order valence-corrected chi connectivity index (χ0v) is 15.8. The van der Waals surface area contributed by atoms with E-state index >= 15 is 0 Å². The highest BCUT2D eigenvalue weighted by Crippen LogP contribution is 2.33. The normalized spacial score (nSPS) is 12.9. The number of benzene rings is 4. The Morgan fingerprint density at radius 2 is 1.69 bits per heavy atom. The number of nitrogens with one attached hydrogen (secondary N) is 1. The molecule has 0 aliphatic heterocycles. The van der Waals surface area contributed by atoms with E-state index in [1.54, 1.807) is 6.08 Å². The molecule has 4 aromatic rings. The van der Waals surface area contributed by atoms with Gasteiger partial charge in [-0.05, 0) is 69.3 Å². The van der Waals surface area contributed by atoms with E-state index < -0.39 is 5.91 Å². The number of anilines is 1. The monoisotopic (exact) mass is 374 g/mol. The maximum atomic E-state index is 12.8. The summed E-state index contributed by atoms with van der Waals surface area (Å²) in [5.41, 5.74) is 4.35. The fourth-order valence-corrected chi connectivity index (χ4v) is 4.16. The molecule has 1 aliphatic carbocycles. The molecule has 3 heteroatoms. The van der Waals surface area contributed by atoms with Crippen molar-refractivity contribution < 1.29 is 4.79 Å². The highest BCUT2D eigenvalue weighted by molar-refractivity contribution is 6.11. The first-order chi connectivity index (χ1) is 14.2. The van der Waals surface area contributed by atoms with Crippen molar-refractivity contribution in [3.8, 4) is 6.07 Å². The van der Waals surface area contributed by atoms with Gasteiger partial charge in [0.05, 0.1) is 0 Å². The number of nitriles is 1. The van der Waals surface area contributed by atoms with E-state index in [2.05, 4.69) is 29.6 Å². The lowest BCUT2D eigenvalue weighted by Crippen LogP contribution is -2.13. The van der Waals surface area contributed by atoms with Crippen LogP contribution in [-0.4, -0.2) is 5.91 Å². The van der Waals surface area contributed by atoms with E-state index in [4.69, 9.17) is 0 Å². The summed E-state index contributed by atoms with van der Waals surface area (Å²) in [5, 5.41) is 17.0. The summed E-state index contributed by atoms with van der Waals surface area (Å²) in [6.45, 7) is 0. The Bertz CT molecular complexity index is 1350. The maximum absolute atomic E-state index is 12.8.